The maximum Gasteiger partial charge on any atom is 0.343 e. The van der Waals surface area contributed by atoms with E-state index < -0.39 is 22.8 Å². The van der Waals surface area contributed by atoms with Gasteiger partial charge in [0, 0.05) is 17.3 Å². The van der Waals surface area contributed by atoms with E-state index in [1.807, 2.05) is 57.2 Å². The summed E-state index contributed by atoms with van der Waals surface area (Å²) >= 11 is 3.55. The lowest BCUT2D eigenvalue weighted by Gasteiger charge is -2.43. The van der Waals surface area contributed by atoms with Gasteiger partial charge in [0.2, 0.25) is 5.43 Å². The summed E-state index contributed by atoms with van der Waals surface area (Å²) in [6.07, 6.45) is 2.03. The van der Waals surface area contributed by atoms with Crippen LogP contribution in [0.3, 0.4) is 0 Å². The molecular formula is C27H27BrFNO4. The zero-order valence-electron chi connectivity index (χ0n) is 19.7. The number of ether oxygens (including phenoxy) is 2. The summed E-state index contributed by atoms with van der Waals surface area (Å²) in [6.45, 7) is 8.24. The summed E-state index contributed by atoms with van der Waals surface area (Å²) < 4.78 is 29.1. The number of pyridine rings is 1. The number of aromatic nitrogens is 1. The molecule has 0 bridgehead atoms. The first-order valence-corrected chi connectivity index (χ1v) is 12.1. The highest BCUT2D eigenvalue weighted by Gasteiger charge is 2.40. The highest BCUT2D eigenvalue weighted by Crippen LogP contribution is 2.45. The summed E-state index contributed by atoms with van der Waals surface area (Å²) in [5.41, 5.74) is 0.860. The van der Waals surface area contributed by atoms with E-state index in [0.717, 1.165) is 11.1 Å². The lowest BCUT2D eigenvalue weighted by atomic mass is 9.77. The topological polar surface area (TPSA) is 57.5 Å². The SMILES string of the molecule is CCOC(=O)c1cn2c(c(F)c1=O)-c1cc(Br)c(OCc3ccccc3)cc1CC2(C)C(C)C. The number of hydrogen-bond acceptors (Lipinski definition) is 4. The molecule has 2 heterocycles. The van der Waals surface area contributed by atoms with Crippen molar-refractivity contribution in [2.24, 2.45) is 5.92 Å². The van der Waals surface area contributed by atoms with Crippen LogP contribution in [0.5, 0.6) is 5.75 Å². The predicted molar refractivity (Wildman–Crippen MR) is 133 cm³/mol. The van der Waals surface area contributed by atoms with Crippen molar-refractivity contribution in [1.29, 1.82) is 0 Å². The van der Waals surface area contributed by atoms with Crippen molar-refractivity contribution < 1.29 is 18.7 Å². The summed E-state index contributed by atoms with van der Waals surface area (Å²) in [5, 5.41) is 0. The van der Waals surface area contributed by atoms with E-state index in [4.69, 9.17) is 9.47 Å². The molecule has 0 fully saturated rings. The molecule has 0 amide bonds. The Kier molecular flexibility index (Phi) is 6.67. The smallest absolute Gasteiger partial charge is 0.343 e. The molecule has 1 aromatic heterocycles. The lowest BCUT2D eigenvalue weighted by molar-refractivity contribution is 0.0521. The average Bonchev–Trinajstić information content (AvgIpc) is 2.81. The van der Waals surface area contributed by atoms with Crippen molar-refractivity contribution in [3.8, 4) is 17.0 Å². The Morgan fingerprint density at radius 1 is 1.24 bits per heavy atom. The van der Waals surface area contributed by atoms with Crippen LogP contribution in [0.1, 0.15) is 49.2 Å². The fraction of sp³-hybridized carbons (Fsp3) is 0.333. The molecule has 178 valence electrons. The molecule has 7 heteroatoms. The number of nitrogens with zero attached hydrogens (tertiary/aromatic N) is 1. The van der Waals surface area contributed by atoms with Gasteiger partial charge in [-0.25, -0.2) is 9.18 Å². The highest BCUT2D eigenvalue weighted by molar-refractivity contribution is 9.10. The Labute approximate surface area is 206 Å². The van der Waals surface area contributed by atoms with E-state index >= 15 is 4.39 Å². The second kappa shape index (κ2) is 9.37. The summed E-state index contributed by atoms with van der Waals surface area (Å²) in [4.78, 5) is 25.2. The van der Waals surface area contributed by atoms with Crippen LogP contribution in [0.2, 0.25) is 0 Å². The second-order valence-electron chi connectivity index (χ2n) is 9.03. The average molecular weight is 528 g/mol. The molecule has 1 unspecified atom stereocenters. The van der Waals surface area contributed by atoms with Crippen molar-refractivity contribution in [1.82, 2.24) is 4.57 Å². The number of carbonyl (C=O) groups excluding carboxylic acids is 1. The minimum atomic E-state index is -0.955. The van der Waals surface area contributed by atoms with Crippen LogP contribution < -0.4 is 10.2 Å². The van der Waals surface area contributed by atoms with Crippen molar-refractivity contribution in [3.05, 3.63) is 85.9 Å². The Morgan fingerprint density at radius 2 is 1.94 bits per heavy atom. The van der Waals surface area contributed by atoms with Gasteiger partial charge in [0.25, 0.3) is 0 Å². The quantitative estimate of drug-likeness (QED) is 0.363. The van der Waals surface area contributed by atoms with Gasteiger partial charge in [0.15, 0.2) is 5.82 Å². The van der Waals surface area contributed by atoms with E-state index in [9.17, 15) is 9.59 Å². The van der Waals surface area contributed by atoms with Crippen molar-refractivity contribution in [2.45, 2.75) is 46.3 Å². The van der Waals surface area contributed by atoms with Gasteiger partial charge >= 0.3 is 5.97 Å². The molecule has 0 N–H and O–H groups in total. The minimum Gasteiger partial charge on any atom is -0.488 e. The minimum absolute atomic E-state index is 0.0775. The zero-order valence-corrected chi connectivity index (χ0v) is 21.2. The largest absolute Gasteiger partial charge is 0.488 e. The first kappa shape index (κ1) is 24.2. The third-order valence-electron chi connectivity index (χ3n) is 6.64. The standard InChI is InChI=1S/C27H27BrFNO4/c1-5-33-26(32)20-14-30-24(23(29)25(20)31)19-12-21(28)22(34-15-17-9-7-6-8-10-17)11-18(19)13-27(30,4)16(2)3/h6-12,14,16H,5,13,15H2,1-4H3. The van der Waals surface area contributed by atoms with E-state index in [2.05, 4.69) is 15.9 Å². The maximum absolute atomic E-state index is 15.6. The van der Waals surface area contributed by atoms with Crippen LogP contribution in [0, 0.1) is 11.7 Å². The fourth-order valence-electron chi connectivity index (χ4n) is 4.35. The van der Waals surface area contributed by atoms with Gasteiger partial charge in [-0.05, 0) is 65.4 Å². The number of esters is 1. The number of fused-ring (bicyclic) bond motifs is 3. The second-order valence-corrected chi connectivity index (χ2v) is 9.88. The Balaban J connectivity index is 1.86. The molecule has 5 nitrogen and oxygen atoms in total. The summed E-state index contributed by atoms with van der Waals surface area (Å²) in [5.74, 6) is -1.05. The Bertz CT molecular complexity index is 1300. The molecule has 1 atom stereocenters. The number of rotatable bonds is 6. The molecule has 1 aliphatic rings. The van der Waals surface area contributed by atoms with E-state index in [1.165, 1.54) is 6.20 Å². The number of benzene rings is 2. The highest BCUT2D eigenvalue weighted by atomic mass is 79.9. The fourth-order valence-corrected chi connectivity index (χ4v) is 4.81. The van der Waals surface area contributed by atoms with E-state index in [-0.39, 0.29) is 23.8 Å². The van der Waals surface area contributed by atoms with Gasteiger partial charge in [0.1, 0.15) is 17.9 Å². The van der Waals surface area contributed by atoms with Crippen LogP contribution in [0.25, 0.3) is 11.3 Å². The van der Waals surface area contributed by atoms with Gasteiger partial charge in [-0.1, -0.05) is 44.2 Å². The van der Waals surface area contributed by atoms with Crippen molar-refractivity contribution in [2.75, 3.05) is 6.61 Å². The molecular weight excluding hydrogens is 501 g/mol. The molecule has 0 saturated heterocycles. The molecule has 0 spiro atoms. The molecule has 0 radical (unpaired) electrons. The number of halogens is 2. The zero-order chi connectivity index (χ0) is 24.6. The number of carbonyl (C=O) groups is 1. The molecule has 0 saturated carbocycles. The molecule has 3 aromatic rings. The third kappa shape index (κ3) is 4.17. The normalized spacial score (nSPS) is 16.7. The van der Waals surface area contributed by atoms with E-state index in [0.29, 0.717) is 28.8 Å². The van der Waals surface area contributed by atoms with Crippen LogP contribution in [-0.2, 0) is 23.3 Å². The van der Waals surface area contributed by atoms with Crippen LogP contribution in [0.4, 0.5) is 4.39 Å². The molecule has 0 aliphatic carbocycles. The Hall–Kier alpha value is -2.93. The first-order chi connectivity index (χ1) is 16.2. The summed E-state index contributed by atoms with van der Waals surface area (Å²) in [6, 6.07) is 13.5. The van der Waals surface area contributed by atoms with Crippen molar-refractivity contribution in [3.63, 3.8) is 0 Å². The maximum atomic E-state index is 15.6. The molecule has 34 heavy (non-hydrogen) atoms. The van der Waals surface area contributed by atoms with Crippen LogP contribution in [0.15, 0.2) is 57.9 Å². The predicted octanol–water partition coefficient (Wildman–Crippen LogP) is 6.10. The summed E-state index contributed by atoms with van der Waals surface area (Å²) in [7, 11) is 0. The monoisotopic (exact) mass is 527 g/mol. The van der Waals surface area contributed by atoms with Crippen LogP contribution in [-0.4, -0.2) is 17.1 Å². The van der Waals surface area contributed by atoms with Gasteiger partial charge < -0.3 is 14.0 Å². The van der Waals surface area contributed by atoms with Crippen LogP contribution >= 0.6 is 15.9 Å². The number of hydrogen-bond donors (Lipinski definition) is 0. The van der Waals surface area contributed by atoms with Gasteiger partial charge in [0.05, 0.1) is 16.8 Å². The van der Waals surface area contributed by atoms with E-state index in [1.54, 1.807) is 17.6 Å². The molecule has 2 aromatic carbocycles. The van der Waals surface area contributed by atoms with Gasteiger partial charge in [-0.15, -0.1) is 0 Å². The Morgan fingerprint density at radius 3 is 2.59 bits per heavy atom. The molecule has 4 rings (SSSR count). The van der Waals surface area contributed by atoms with Gasteiger partial charge in [-0.3, -0.25) is 4.79 Å². The van der Waals surface area contributed by atoms with Gasteiger partial charge in [-0.2, -0.15) is 0 Å². The van der Waals surface area contributed by atoms with Crippen molar-refractivity contribution >= 4 is 21.9 Å². The molecule has 1 aliphatic heterocycles. The third-order valence-corrected chi connectivity index (χ3v) is 7.26. The first-order valence-electron chi connectivity index (χ1n) is 11.3. The lowest BCUT2D eigenvalue weighted by Crippen LogP contribution is -2.43.